The first kappa shape index (κ1) is 19.7. The minimum atomic E-state index is -4.14. The summed E-state index contributed by atoms with van der Waals surface area (Å²) in [6.07, 6.45) is 2.50. The maximum absolute atomic E-state index is 12.3. The molecular formula is C12H10Cl6N2O2S. The highest BCUT2D eigenvalue weighted by Gasteiger charge is 2.65. The van der Waals surface area contributed by atoms with Crippen LogP contribution in [-0.4, -0.2) is 27.5 Å². The van der Waals surface area contributed by atoms with Crippen molar-refractivity contribution in [2.45, 2.75) is 19.0 Å². The van der Waals surface area contributed by atoms with Crippen LogP contribution in [0.5, 0.6) is 0 Å². The van der Waals surface area contributed by atoms with Gasteiger partial charge in [-0.15, -0.1) is 11.6 Å². The number of allylic oxidation sites excluding steroid dienone is 1. The zero-order valence-corrected chi connectivity index (χ0v) is 16.5. The normalized spacial score (nSPS) is 29.2. The first-order valence-electron chi connectivity index (χ1n) is 6.06. The standard InChI is InChI=1S/C12H10Cl6N2O2S/c13-9-6-7-10(14,12(17,18)11(9,15)16)20-23(21,22)19-8-4-2-1-3-5-8/h1-7,9,19-20H. The molecule has 4 nitrogen and oxygen atoms in total. The third-order valence-corrected chi connectivity index (χ3v) is 8.24. The van der Waals surface area contributed by atoms with Crippen molar-refractivity contribution in [1.82, 2.24) is 4.72 Å². The molecule has 128 valence electrons. The first-order valence-corrected chi connectivity index (χ1v) is 9.87. The Balaban J connectivity index is 2.32. The number of benzene rings is 1. The molecule has 11 heteroatoms. The van der Waals surface area contributed by atoms with Crippen LogP contribution in [0.2, 0.25) is 0 Å². The fraction of sp³-hybridized carbons (Fsp3) is 0.333. The van der Waals surface area contributed by atoms with Crippen molar-refractivity contribution in [3.8, 4) is 0 Å². The summed E-state index contributed by atoms with van der Waals surface area (Å²) in [5, 5.41) is -0.973. The summed E-state index contributed by atoms with van der Waals surface area (Å²) in [4.78, 5) is -2.02. The van der Waals surface area contributed by atoms with Crippen LogP contribution >= 0.6 is 69.6 Å². The van der Waals surface area contributed by atoms with Crippen molar-refractivity contribution in [3.05, 3.63) is 42.5 Å². The van der Waals surface area contributed by atoms with Crippen molar-refractivity contribution < 1.29 is 8.42 Å². The Morgan fingerprint density at radius 3 is 2.13 bits per heavy atom. The van der Waals surface area contributed by atoms with Gasteiger partial charge in [0.1, 0.15) is 0 Å². The third kappa shape index (κ3) is 3.82. The molecule has 0 aromatic heterocycles. The van der Waals surface area contributed by atoms with E-state index in [-0.39, 0.29) is 0 Å². The van der Waals surface area contributed by atoms with E-state index in [9.17, 15) is 8.42 Å². The molecule has 1 aromatic rings. The molecule has 2 atom stereocenters. The third-order valence-electron chi connectivity index (χ3n) is 3.03. The van der Waals surface area contributed by atoms with E-state index < -0.39 is 29.3 Å². The lowest BCUT2D eigenvalue weighted by molar-refractivity contribution is 0.484. The fourth-order valence-electron chi connectivity index (χ4n) is 1.84. The number of para-hydroxylation sites is 1. The first-order chi connectivity index (χ1) is 10.4. The summed E-state index contributed by atoms with van der Waals surface area (Å²) in [6, 6.07) is 8.14. The molecule has 2 rings (SSSR count). The van der Waals surface area contributed by atoms with Crippen LogP contribution in [0.3, 0.4) is 0 Å². The van der Waals surface area contributed by atoms with Crippen molar-refractivity contribution in [3.63, 3.8) is 0 Å². The van der Waals surface area contributed by atoms with Gasteiger partial charge >= 0.3 is 10.2 Å². The smallest absolute Gasteiger partial charge is 0.271 e. The molecule has 0 saturated heterocycles. The van der Waals surface area contributed by atoms with E-state index in [0.717, 1.165) is 0 Å². The van der Waals surface area contributed by atoms with Gasteiger partial charge in [0, 0.05) is 5.69 Å². The Labute approximate surface area is 164 Å². The number of rotatable bonds is 4. The molecule has 2 unspecified atom stereocenters. The molecule has 2 N–H and O–H groups in total. The fourth-order valence-corrected chi connectivity index (χ4v) is 4.93. The molecular weight excluding hydrogens is 449 g/mol. The average molecular weight is 459 g/mol. The quantitative estimate of drug-likeness (QED) is 0.399. The largest absolute Gasteiger partial charge is 0.300 e. The topological polar surface area (TPSA) is 58.2 Å². The van der Waals surface area contributed by atoms with E-state index in [1.54, 1.807) is 30.3 Å². The highest BCUT2D eigenvalue weighted by Crippen LogP contribution is 2.57. The van der Waals surface area contributed by atoms with Gasteiger partial charge in [0.2, 0.25) is 0 Å². The van der Waals surface area contributed by atoms with E-state index in [4.69, 9.17) is 69.6 Å². The lowest BCUT2D eigenvalue weighted by atomic mass is 10.00. The zero-order valence-electron chi connectivity index (χ0n) is 11.1. The van der Waals surface area contributed by atoms with Gasteiger partial charge in [0.25, 0.3) is 0 Å². The van der Waals surface area contributed by atoms with Gasteiger partial charge < -0.3 is 0 Å². The Bertz CT molecular complexity index is 710. The molecule has 0 aliphatic heterocycles. The van der Waals surface area contributed by atoms with Gasteiger partial charge in [-0.25, -0.2) is 0 Å². The molecule has 1 aliphatic rings. The van der Waals surface area contributed by atoms with Crippen molar-refractivity contribution in [2.24, 2.45) is 0 Å². The number of anilines is 1. The minimum absolute atomic E-state index is 0.313. The predicted molar refractivity (Wildman–Crippen MR) is 98.4 cm³/mol. The highest BCUT2D eigenvalue weighted by molar-refractivity contribution is 7.90. The molecule has 0 fully saturated rings. The van der Waals surface area contributed by atoms with Crippen LogP contribution in [-0.2, 0) is 10.2 Å². The lowest BCUT2D eigenvalue weighted by Gasteiger charge is -2.47. The van der Waals surface area contributed by atoms with E-state index in [1.807, 2.05) is 0 Å². The molecule has 1 aromatic carbocycles. The molecule has 0 heterocycles. The Kier molecular flexibility index (Phi) is 5.67. The van der Waals surface area contributed by atoms with Crippen LogP contribution in [0.1, 0.15) is 0 Å². The van der Waals surface area contributed by atoms with Crippen molar-refractivity contribution in [1.29, 1.82) is 0 Å². The summed E-state index contributed by atoms with van der Waals surface area (Å²) >= 11 is 36.6. The Morgan fingerprint density at radius 2 is 1.57 bits per heavy atom. The summed E-state index contributed by atoms with van der Waals surface area (Å²) in [7, 11) is -4.14. The van der Waals surface area contributed by atoms with Gasteiger partial charge in [-0.2, -0.15) is 13.1 Å². The van der Waals surface area contributed by atoms with Gasteiger partial charge in [-0.1, -0.05) is 82.3 Å². The zero-order chi connectivity index (χ0) is 17.5. The second-order valence-electron chi connectivity index (χ2n) is 4.74. The second kappa shape index (κ2) is 6.61. The number of halogens is 6. The van der Waals surface area contributed by atoms with Crippen LogP contribution in [0.4, 0.5) is 5.69 Å². The Morgan fingerprint density at radius 1 is 1.00 bits per heavy atom. The highest BCUT2D eigenvalue weighted by atomic mass is 35.5. The molecule has 0 radical (unpaired) electrons. The maximum Gasteiger partial charge on any atom is 0.300 e. The molecule has 23 heavy (non-hydrogen) atoms. The van der Waals surface area contributed by atoms with Gasteiger partial charge in [0.15, 0.2) is 13.7 Å². The van der Waals surface area contributed by atoms with Crippen molar-refractivity contribution >= 4 is 85.5 Å². The number of hydrogen-bond donors (Lipinski definition) is 2. The van der Waals surface area contributed by atoms with Crippen LogP contribution in [0, 0.1) is 0 Å². The molecule has 0 spiro atoms. The molecule has 0 bridgehead atoms. The lowest BCUT2D eigenvalue weighted by Crippen LogP contribution is -2.65. The van der Waals surface area contributed by atoms with Crippen LogP contribution < -0.4 is 9.44 Å². The number of alkyl halides is 6. The van der Waals surface area contributed by atoms with Crippen molar-refractivity contribution in [2.75, 3.05) is 4.72 Å². The average Bonchev–Trinajstić information content (AvgIpc) is 2.43. The van der Waals surface area contributed by atoms with E-state index in [1.165, 1.54) is 12.2 Å². The maximum atomic E-state index is 12.3. The SMILES string of the molecule is O=S(=O)(Nc1ccccc1)NC1(Cl)C=CC(Cl)C(Cl)(Cl)C1(Cl)Cl. The van der Waals surface area contributed by atoms with Gasteiger partial charge in [0.05, 0.1) is 5.38 Å². The Hall–Kier alpha value is 0.410. The summed E-state index contributed by atoms with van der Waals surface area (Å²) < 4.78 is 24.9. The summed E-state index contributed by atoms with van der Waals surface area (Å²) in [6.45, 7) is 0. The van der Waals surface area contributed by atoms with E-state index in [2.05, 4.69) is 9.44 Å². The summed E-state index contributed by atoms with van der Waals surface area (Å²) in [5.74, 6) is 0. The van der Waals surface area contributed by atoms with Crippen LogP contribution in [0.25, 0.3) is 0 Å². The van der Waals surface area contributed by atoms with Gasteiger partial charge in [-0.05, 0) is 18.2 Å². The van der Waals surface area contributed by atoms with Gasteiger partial charge in [-0.3, -0.25) is 4.72 Å². The number of hydrogen-bond acceptors (Lipinski definition) is 2. The van der Waals surface area contributed by atoms with Crippen LogP contribution in [0.15, 0.2) is 42.5 Å². The monoisotopic (exact) mass is 456 g/mol. The second-order valence-corrected chi connectivity index (χ2v) is 9.94. The van der Waals surface area contributed by atoms with E-state index in [0.29, 0.717) is 5.69 Å². The minimum Gasteiger partial charge on any atom is -0.271 e. The molecule has 0 saturated carbocycles. The summed E-state index contributed by atoms with van der Waals surface area (Å²) in [5.41, 5.74) is 0.313. The number of nitrogens with one attached hydrogen (secondary N) is 2. The molecule has 0 amide bonds. The van der Waals surface area contributed by atoms with E-state index >= 15 is 0 Å². The predicted octanol–water partition coefficient (Wildman–Crippen LogP) is 4.39. The molecule has 1 aliphatic carbocycles.